The second kappa shape index (κ2) is 3.84. The van der Waals surface area contributed by atoms with Gasteiger partial charge in [0.15, 0.2) is 0 Å². The average molecular weight is 221 g/mol. The molecule has 0 aliphatic carbocycles. The molecular weight excluding hydrogens is 210 g/mol. The molecule has 1 aromatic rings. The van der Waals surface area contributed by atoms with Crippen molar-refractivity contribution in [1.29, 1.82) is 0 Å². The van der Waals surface area contributed by atoms with E-state index < -0.39 is 11.9 Å². The summed E-state index contributed by atoms with van der Waals surface area (Å²) in [7, 11) is 2.57. The highest BCUT2D eigenvalue weighted by Crippen LogP contribution is 2.28. The lowest BCUT2D eigenvalue weighted by Gasteiger charge is -2.05. The van der Waals surface area contributed by atoms with Gasteiger partial charge in [-0.05, 0) is 12.1 Å². The third-order valence-electron chi connectivity index (χ3n) is 2.53. The van der Waals surface area contributed by atoms with Gasteiger partial charge in [-0.15, -0.1) is 0 Å². The van der Waals surface area contributed by atoms with Crippen molar-refractivity contribution in [3.63, 3.8) is 0 Å². The van der Waals surface area contributed by atoms with Crippen LogP contribution in [0.3, 0.4) is 0 Å². The second-order valence-corrected chi connectivity index (χ2v) is 3.36. The number of carbonyl (C=O) groups is 2. The zero-order chi connectivity index (χ0) is 11.7. The van der Waals surface area contributed by atoms with E-state index in [1.165, 1.54) is 14.2 Å². The van der Waals surface area contributed by atoms with E-state index in [4.69, 9.17) is 0 Å². The van der Waals surface area contributed by atoms with Gasteiger partial charge in [-0.1, -0.05) is 0 Å². The number of esters is 2. The maximum Gasteiger partial charge on any atom is 0.355 e. The predicted molar refractivity (Wildman–Crippen MR) is 55.4 cm³/mol. The van der Waals surface area contributed by atoms with Gasteiger partial charge in [0.25, 0.3) is 0 Å². The fraction of sp³-hybridized carbons (Fsp3) is 0.273. The minimum Gasteiger partial charge on any atom is -0.466 e. The number of fused-ring (bicyclic) bond motifs is 1. The molecule has 0 saturated heterocycles. The van der Waals surface area contributed by atoms with Gasteiger partial charge in [0.1, 0.15) is 5.70 Å². The molecular formula is C11H11NO4. The van der Waals surface area contributed by atoms with Crippen LogP contribution in [0.25, 0.3) is 5.70 Å². The van der Waals surface area contributed by atoms with Gasteiger partial charge in [0, 0.05) is 18.3 Å². The number of methoxy groups -OCH3 is 2. The lowest BCUT2D eigenvalue weighted by molar-refractivity contribution is -0.137. The van der Waals surface area contributed by atoms with Crippen LogP contribution in [0.1, 0.15) is 5.69 Å². The summed E-state index contributed by atoms with van der Waals surface area (Å²) in [6.45, 7) is 0. The van der Waals surface area contributed by atoms with Gasteiger partial charge in [-0.25, -0.2) is 9.59 Å². The topological polar surface area (TPSA) is 57.5 Å². The number of hydrogen-bond acceptors (Lipinski definition) is 4. The zero-order valence-corrected chi connectivity index (χ0v) is 9.02. The first-order chi connectivity index (χ1) is 7.69. The molecule has 2 rings (SSSR count). The lowest BCUT2D eigenvalue weighted by atomic mass is 10.1. The summed E-state index contributed by atoms with van der Waals surface area (Å²) >= 11 is 0. The molecule has 1 aliphatic heterocycles. The number of carbonyl (C=O) groups excluding carboxylic acids is 2. The van der Waals surface area contributed by atoms with Gasteiger partial charge in [0.05, 0.1) is 19.8 Å². The zero-order valence-electron chi connectivity index (χ0n) is 9.02. The Morgan fingerprint density at radius 1 is 1.25 bits per heavy atom. The molecule has 0 bridgehead atoms. The molecule has 5 nitrogen and oxygen atoms in total. The molecule has 0 fully saturated rings. The second-order valence-electron chi connectivity index (χ2n) is 3.36. The van der Waals surface area contributed by atoms with Crippen molar-refractivity contribution in [1.82, 2.24) is 4.57 Å². The minimum atomic E-state index is -0.532. The first-order valence-corrected chi connectivity index (χ1v) is 4.75. The Balaban J connectivity index is 2.51. The van der Waals surface area contributed by atoms with Gasteiger partial charge in [0.2, 0.25) is 0 Å². The highest BCUT2D eigenvalue weighted by atomic mass is 16.5. The third-order valence-corrected chi connectivity index (χ3v) is 2.53. The monoisotopic (exact) mass is 221 g/mol. The van der Waals surface area contributed by atoms with E-state index in [9.17, 15) is 9.59 Å². The smallest absolute Gasteiger partial charge is 0.355 e. The predicted octanol–water partition coefficient (Wildman–Crippen LogP) is 0.601. The normalized spacial score (nSPS) is 13.6. The standard InChI is InChI=1S/C11H11NO4/c1-15-10(13)8-6-7-4-3-5-12(7)9(8)11(14)16-2/h3-5H,6H2,1-2H3. The number of hydrogen-bond donors (Lipinski definition) is 0. The molecule has 2 heterocycles. The first kappa shape index (κ1) is 10.5. The molecule has 0 amide bonds. The SMILES string of the molecule is COC(=O)C1=C(C(=O)OC)n2cccc2C1. The van der Waals surface area contributed by atoms with Gasteiger partial charge < -0.3 is 14.0 Å². The average Bonchev–Trinajstić information content (AvgIpc) is 2.86. The Bertz CT molecular complexity index is 484. The highest BCUT2D eigenvalue weighted by Gasteiger charge is 2.31. The molecule has 0 spiro atoms. The van der Waals surface area contributed by atoms with Crippen molar-refractivity contribution in [2.45, 2.75) is 6.42 Å². The largest absolute Gasteiger partial charge is 0.466 e. The molecule has 0 atom stereocenters. The quantitative estimate of drug-likeness (QED) is 0.686. The summed E-state index contributed by atoms with van der Waals surface area (Å²) in [4.78, 5) is 23.1. The van der Waals surface area contributed by atoms with Crippen molar-refractivity contribution in [3.8, 4) is 0 Å². The van der Waals surface area contributed by atoms with Crippen LogP contribution in [0.4, 0.5) is 0 Å². The lowest BCUT2D eigenvalue weighted by Crippen LogP contribution is -2.13. The summed E-state index contributed by atoms with van der Waals surface area (Å²) < 4.78 is 11.0. The molecule has 0 saturated carbocycles. The van der Waals surface area contributed by atoms with Crippen molar-refractivity contribution < 1.29 is 19.1 Å². The summed E-state index contributed by atoms with van der Waals surface area (Å²) in [6.07, 6.45) is 2.11. The Morgan fingerprint density at radius 2 is 1.94 bits per heavy atom. The molecule has 0 aromatic carbocycles. The highest BCUT2D eigenvalue weighted by molar-refractivity contribution is 6.18. The number of rotatable bonds is 2. The number of aromatic nitrogens is 1. The Morgan fingerprint density at radius 3 is 2.56 bits per heavy atom. The molecule has 5 heteroatoms. The summed E-state index contributed by atoms with van der Waals surface area (Å²) in [5.74, 6) is -1.03. The maximum atomic E-state index is 11.6. The van der Waals surface area contributed by atoms with E-state index in [-0.39, 0.29) is 5.70 Å². The van der Waals surface area contributed by atoms with E-state index in [1.54, 1.807) is 10.8 Å². The summed E-state index contributed by atoms with van der Waals surface area (Å²) in [6, 6.07) is 3.66. The van der Waals surface area contributed by atoms with Crippen molar-refractivity contribution >= 4 is 17.6 Å². The number of nitrogens with zero attached hydrogens (tertiary/aromatic N) is 1. The van der Waals surface area contributed by atoms with Crippen LogP contribution >= 0.6 is 0 Å². The third kappa shape index (κ3) is 1.41. The van der Waals surface area contributed by atoms with E-state index in [0.717, 1.165) is 5.69 Å². The van der Waals surface area contributed by atoms with Gasteiger partial charge >= 0.3 is 11.9 Å². The van der Waals surface area contributed by atoms with Gasteiger partial charge in [-0.3, -0.25) is 0 Å². The van der Waals surface area contributed by atoms with Crippen LogP contribution in [0.2, 0.25) is 0 Å². The number of ether oxygens (including phenoxy) is 2. The van der Waals surface area contributed by atoms with Crippen LogP contribution < -0.4 is 0 Å². The van der Waals surface area contributed by atoms with E-state index in [2.05, 4.69) is 9.47 Å². The van der Waals surface area contributed by atoms with E-state index >= 15 is 0 Å². The Hall–Kier alpha value is -2.04. The van der Waals surface area contributed by atoms with Crippen LogP contribution in [0.15, 0.2) is 23.9 Å². The Labute approximate surface area is 92.3 Å². The van der Waals surface area contributed by atoms with Crippen LogP contribution in [-0.2, 0) is 25.5 Å². The first-order valence-electron chi connectivity index (χ1n) is 4.75. The molecule has 1 aliphatic rings. The Kier molecular flexibility index (Phi) is 2.52. The summed E-state index contributed by atoms with van der Waals surface area (Å²) in [5, 5.41) is 0. The maximum absolute atomic E-state index is 11.6. The molecule has 16 heavy (non-hydrogen) atoms. The minimum absolute atomic E-state index is 0.245. The molecule has 0 unspecified atom stereocenters. The van der Waals surface area contributed by atoms with E-state index in [0.29, 0.717) is 12.0 Å². The van der Waals surface area contributed by atoms with E-state index in [1.807, 2.05) is 12.1 Å². The van der Waals surface area contributed by atoms with Crippen LogP contribution in [0, 0.1) is 0 Å². The van der Waals surface area contributed by atoms with Crippen LogP contribution in [-0.4, -0.2) is 30.7 Å². The summed E-state index contributed by atoms with van der Waals surface area (Å²) in [5.41, 5.74) is 1.46. The molecule has 0 radical (unpaired) electrons. The van der Waals surface area contributed by atoms with Crippen molar-refractivity contribution in [2.75, 3.05) is 14.2 Å². The fourth-order valence-electron chi connectivity index (χ4n) is 1.80. The fourth-order valence-corrected chi connectivity index (χ4v) is 1.80. The van der Waals surface area contributed by atoms with Crippen molar-refractivity contribution in [2.24, 2.45) is 0 Å². The molecule has 84 valence electrons. The van der Waals surface area contributed by atoms with Crippen LogP contribution in [0.5, 0.6) is 0 Å². The molecule has 0 N–H and O–H groups in total. The van der Waals surface area contributed by atoms with Crippen molar-refractivity contribution in [3.05, 3.63) is 29.6 Å². The van der Waals surface area contributed by atoms with Gasteiger partial charge in [-0.2, -0.15) is 0 Å². The molecule has 1 aromatic heterocycles.